The molecule has 4 nitrogen and oxygen atoms in total. The van der Waals surface area contributed by atoms with E-state index in [2.05, 4.69) is 164 Å². The molecule has 4 heteroatoms. The molecule has 3 aliphatic rings. The molecule has 1 aromatic heterocycles. The summed E-state index contributed by atoms with van der Waals surface area (Å²) in [6.45, 7) is 2.35. The minimum Gasteiger partial charge on any atom is -0.333 e. The molecule has 4 atom stereocenters. The average molecular weight is 671 g/mol. The number of allylic oxidation sites excluding steroid dienone is 2. The molecule has 0 spiro atoms. The fourth-order valence-corrected chi connectivity index (χ4v) is 8.74. The second-order valence-electron chi connectivity index (χ2n) is 14.4. The number of anilines is 2. The third-order valence-electron chi connectivity index (χ3n) is 11.3. The number of aromatic nitrogens is 1. The lowest BCUT2D eigenvalue weighted by atomic mass is 9.88. The molecule has 0 radical (unpaired) electrons. The highest BCUT2D eigenvalue weighted by Gasteiger charge is 2.37. The van der Waals surface area contributed by atoms with Gasteiger partial charge in [0.05, 0.1) is 23.3 Å². The maximum atomic E-state index is 5.69. The number of pyridine rings is 1. The predicted molar refractivity (Wildman–Crippen MR) is 217 cm³/mol. The first-order valence-electron chi connectivity index (χ1n) is 18.4. The second kappa shape index (κ2) is 12.6. The van der Waals surface area contributed by atoms with E-state index >= 15 is 0 Å². The van der Waals surface area contributed by atoms with E-state index in [0.29, 0.717) is 5.92 Å². The molecule has 1 aliphatic carbocycles. The summed E-state index contributed by atoms with van der Waals surface area (Å²) in [6.07, 6.45) is 12.8. The van der Waals surface area contributed by atoms with Crippen LogP contribution in [0, 0.1) is 5.92 Å². The van der Waals surface area contributed by atoms with Gasteiger partial charge in [-0.25, -0.2) is 4.99 Å². The zero-order valence-corrected chi connectivity index (χ0v) is 29.1. The number of amidine groups is 1. The van der Waals surface area contributed by atoms with Crippen molar-refractivity contribution >= 4 is 55.4 Å². The van der Waals surface area contributed by atoms with Gasteiger partial charge in [-0.2, -0.15) is 0 Å². The highest BCUT2D eigenvalue weighted by molar-refractivity contribution is 6.25. The van der Waals surface area contributed by atoms with E-state index in [1.54, 1.807) is 0 Å². The molecule has 0 N–H and O–H groups in total. The van der Waals surface area contributed by atoms with Crippen LogP contribution >= 0.6 is 0 Å². The van der Waals surface area contributed by atoms with Crippen LogP contribution in [0.25, 0.3) is 32.4 Å². The van der Waals surface area contributed by atoms with Gasteiger partial charge in [0.25, 0.3) is 0 Å². The van der Waals surface area contributed by atoms with Crippen molar-refractivity contribution in [2.45, 2.75) is 37.8 Å². The Morgan fingerprint density at radius 3 is 2.44 bits per heavy atom. The zero-order chi connectivity index (χ0) is 34.6. The largest absolute Gasteiger partial charge is 0.333 e. The van der Waals surface area contributed by atoms with E-state index in [4.69, 9.17) is 15.0 Å². The van der Waals surface area contributed by atoms with Crippen molar-refractivity contribution in [3.63, 3.8) is 0 Å². The molecule has 0 saturated carbocycles. The Bertz CT molecular complexity index is 2630. The minimum absolute atomic E-state index is 0.0856. The third kappa shape index (κ3) is 5.09. The van der Waals surface area contributed by atoms with Crippen LogP contribution in [0.1, 0.15) is 54.0 Å². The maximum Gasteiger partial charge on any atom is 0.157 e. The average Bonchev–Trinajstić information content (AvgIpc) is 3.54. The Morgan fingerprint density at radius 1 is 0.692 bits per heavy atom. The van der Waals surface area contributed by atoms with Crippen molar-refractivity contribution in [1.82, 2.24) is 4.98 Å². The van der Waals surface area contributed by atoms with Crippen molar-refractivity contribution in [3.05, 3.63) is 186 Å². The summed E-state index contributed by atoms with van der Waals surface area (Å²) in [5.74, 6) is 1.36. The smallest absolute Gasteiger partial charge is 0.157 e. The predicted octanol–water partition coefficient (Wildman–Crippen LogP) is 11.7. The molecule has 250 valence electrons. The first-order chi connectivity index (χ1) is 25.7. The Labute approximate surface area is 304 Å². The summed E-state index contributed by atoms with van der Waals surface area (Å²) in [6, 6.07) is 48.3. The lowest BCUT2D eigenvalue weighted by Crippen LogP contribution is -2.28. The first-order valence-corrected chi connectivity index (χ1v) is 18.4. The van der Waals surface area contributed by atoms with E-state index < -0.39 is 0 Å². The third-order valence-corrected chi connectivity index (χ3v) is 11.3. The van der Waals surface area contributed by atoms with Crippen LogP contribution in [-0.2, 0) is 0 Å². The van der Waals surface area contributed by atoms with E-state index in [9.17, 15) is 0 Å². The number of para-hydroxylation sites is 1. The monoisotopic (exact) mass is 670 g/mol. The van der Waals surface area contributed by atoms with Gasteiger partial charge in [0.15, 0.2) is 5.84 Å². The van der Waals surface area contributed by atoms with Gasteiger partial charge in [0, 0.05) is 34.4 Å². The van der Waals surface area contributed by atoms with Crippen LogP contribution in [0.15, 0.2) is 174 Å². The van der Waals surface area contributed by atoms with E-state index in [0.717, 1.165) is 46.4 Å². The van der Waals surface area contributed by atoms with Gasteiger partial charge in [-0.05, 0) is 87.3 Å². The van der Waals surface area contributed by atoms with Crippen LogP contribution in [0.3, 0.4) is 0 Å². The standard InChI is InChI=1S/C48H38N4/c1-31-24-27-42(33-14-3-2-4-15-33)50-48(41-30-34-26-25-32-13-5-6-18-37(32)45(34)40-21-12-28-49-47(40)41)51-46(31)35-16-11-17-36(29-35)52-43-22-9-7-19-38(43)39-20-8-10-23-44(39)52/h2-23,25-26,28-31,38,43,46H,24,27H2,1H3/b50-42+,51-48-. The number of nitrogens with zero attached hydrogens (tertiary/aromatic N) is 4. The summed E-state index contributed by atoms with van der Waals surface area (Å²) < 4.78 is 0. The molecule has 52 heavy (non-hydrogen) atoms. The molecule has 0 fully saturated rings. The summed E-state index contributed by atoms with van der Waals surface area (Å²) in [4.78, 5) is 18.7. The van der Waals surface area contributed by atoms with Gasteiger partial charge in [0.2, 0.25) is 0 Å². The SMILES string of the molecule is CC1CC/C(c2ccccc2)=N\C(c2cc3ccc4ccccc4c3c3cccnc23)=N/C1c1cccc(N2c3ccccc3C3C=CC=CC32)c1. The Kier molecular flexibility index (Phi) is 7.42. The van der Waals surface area contributed by atoms with Gasteiger partial charge in [-0.1, -0.05) is 134 Å². The highest BCUT2D eigenvalue weighted by Crippen LogP contribution is 2.48. The minimum atomic E-state index is -0.0856. The number of benzene rings is 6. The molecule has 0 saturated heterocycles. The normalized spacial score (nSPS) is 23.1. The molecular weight excluding hydrogens is 633 g/mol. The van der Waals surface area contributed by atoms with Crippen molar-refractivity contribution in [2.75, 3.05) is 4.90 Å². The van der Waals surface area contributed by atoms with Crippen molar-refractivity contribution in [3.8, 4) is 0 Å². The molecule has 7 aromatic rings. The van der Waals surface area contributed by atoms with E-state index in [1.807, 2.05) is 12.3 Å². The van der Waals surface area contributed by atoms with Crippen molar-refractivity contribution in [2.24, 2.45) is 15.9 Å². The van der Waals surface area contributed by atoms with E-state index in [1.165, 1.54) is 44.0 Å². The summed E-state index contributed by atoms with van der Waals surface area (Å²) in [5, 5.41) is 5.96. The fraction of sp³-hybridized carbons (Fsp3) is 0.146. The Morgan fingerprint density at radius 2 is 1.50 bits per heavy atom. The number of hydrogen-bond acceptors (Lipinski definition) is 4. The van der Waals surface area contributed by atoms with Crippen LogP contribution in [0.2, 0.25) is 0 Å². The van der Waals surface area contributed by atoms with Crippen molar-refractivity contribution in [1.29, 1.82) is 0 Å². The van der Waals surface area contributed by atoms with Gasteiger partial charge in [-0.3, -0.25) is 9.98 Å². The van der Waals surface area contributed by atoms with Gasteiger partial charge >= 0.3 is 0 Å². The highest BCUT2D eigenvalue weighted by atomic mass is 15.2. The molecule has 4 unspecified atom stereocenters. The Hall–Kier alpha value is -6.13. The maximum absolute atomic E-state index is 5.69. The second-order valence-corrected chi connectivity index (χ2v) is 14.4. The van der Waals surface area contributed by atoms with Gasteiger partial charge in [0.1, 0.15) is 0 Å². The Balaban J connectivity index is 1.17. The number of fused-ring (bicyclic) bond motifs is 8. The molecule has 2 aliphatic heterocycles. The van der Waals surface area contributed by atoms with Crippen LogP contribution < -0.4 is 4.90 Å². The van der Waals surface area contributed by atoms with Gasteiger partial charge < -0.3 is 4.90 Å². The number of rotatable bonds is 4. The quantitative estimate of drug-likeness (QED) is 0.175. The summed E-state index contributed by atoms with van der Waals surface area (Å²) >= 11 is 0. The summed E-state index contributed by atoms with van der Waals surface area (Å²) in [7, 11) is 0. The van der Waals surface area contributed by atoms with Gasteiger partial charge in [-0.15, -0.1) is 0 Å². The molecule has 0 bridgehead atoms. The topological polar surface area (TPSA) is 40.9 Å². The number of hydrogen-bond donors (Lipinski definition) is 0. The number of aliphatic imine (C=N–C) groups is 2. The van der Waals surface area contributed by atoms with E-state index in [-0.39, 0.29) is 18.0 Å². The molecule has 10 rings (SSSR count). The zero-order valence-electron chi connectivity index (χ0n) is 29.1. The van der Waals surface area contributed by atoms with Crippen LogP contribution in [0.4, 0.5) is 11.4 Å². The molecule has 3 heterocycles. The van der Waals surface area contributed by atoms with Crippen LogP contribution in [0.5, 0.6) is 0 Å². The lowest BCUT2D eigenvalue weighted by Gasteiger charge is -2.30. The van der Waals surface area contributed by atoms with Crippen molar-refractivity contribution < 1.29 is 0 Å². The first kappa shape index (κ1) is 30.7. The molecule has 6 aromatic carbocycles. The van der Waals surface area contributed by atoms with Crippen LogP contribution in [-0.4, -0.2) is 22.6 Å². The summed E-state index contributed by atoms with van der Waals surface area (Å²) in [5.41, 5.74) is 9.17. The molecular formula is C48H38N4. The fourth-order valence-electron chi connectivity index (χ4n) is 8.74. The molecule has 0 amide bonds. The lowest BCUT2D eigenvalue weighted by molar-refractivity contribution is 0.446.